The summed E-state index contributed by atoms with van der Waals surface area (Å²) in [5, 5.41) is 8.77. The number of nitrogens with one attached hydrogen (secondary N) is 1. The van der Waals surface area contributed by atoms with Crippen LogP contribution in [0.1, 0.15) is 12.5 Å². The molecule has 0 aliphatic rings. The maximum Gasteiger partial charge on any atom is 0.416 e. The lowest BCUT2D eigenvalue weighted by Crippen LogP contribution is -2.40. The molecule has 1 rings (SSSR count). The number of nitrogens with zero attached hydrogens (tertiary/aromatic N) is 1. The minimum Gasteiger partial charge on any atom is -0.481 e. The van der Waals surface area contributed by atoms with Gasteiger partial charge in [-0.25, -0.2) is 13.1 Å². The van der Waals surface area contributed by atoms with Crippen LogP contribution in [0, 0.1) is 5.92 Å². The van der Waals surface area contributed by atoms with Crippen LogP contribution in [-0.2, 0) is 25.8 Å². The van der Waals surface area contributed by atoms with Crippen LogP contribution in [0.25, 0.3) is 0 Å². The number of halogens is 3. The Labute approximate surface area is 142 Å². The molecule has 0 heterocycles. The fourth-order valence-electron chi connectivity index (χ4n) is 1.81. The third kappa shape index (κ3) is 6.02. The Bertz CT molecular complexity index is 749. The molecule has 1 unspecified atom stereocenters. The van der Waals surface area contributed by atoms with Crippen molar-refractivity contribution in [1.29, 1.82) is 0 Å². The molecule has 0 fully saturated rings. The summed E-state index contributed by atoms with van der Waals surface area (Å²) in [5.41, 5.74) is -1.13. The number of alkyl halides is 3. The summed E-state index contributed by atoms with van der Waals surface area (Å²) in [6.07, 6.45) is -4.70. The predicted molar refractivity (Wildman–Crippen MR) is 81.1 cm³/mol. The molecule has 0 saturated carbocycles. The number of hydrogen-bond acceptors (Lipinski definition) is 4. The van der Waals surface area contributed by atoms with Crippen LogP contribution in [0.2, 0.25) is 0 Å². The molecule has 140 valence electrons. The minimum absolute atomic E-state index is 0.139. The molecule has 0 aliphatic carbocycles. The number of likely N-dealkylation sites (N-methyl/N-ethyl adjacent to an activating group) is 1. The van der Waals surface area contributed by atoms with Crippen molar-refractivity contribution in [2.24, 2.45) is 5.92 Å². The molecule has 25 heavy (non-hydrogen) atoms. The lowest BCUT2D eigenvalue weighted by molar-refractivity contribution is -0.142. The van der Waals surface area contributed by atoms with Gasteiger partial charge >= 0.3 is 12.1 Å². The molecule has 0 saturated heterocycles. The highest BCUT2D eigenvalue weighted by molar-refractivity contribution is 7.89. The van der Waals surface area contributed by atoms with E-state index < -0.39 is 51.0 Å². The molecular weight excluding hydrogens is 365 g/mol. The molecule has 11 heteroatoms. The zero-order valence-corrected chi connectivity index (χ0v) is 14.2. The maximum absolute atomic E-state index is 12.6. The molecule has 0 bridgehead atoms. The van der Waals surface area contributed by atoms with Crippen molar-refractivity contribution in [3.8, 4) is 0 Å². The van der Waals surface area contributed by atoms with Gasteiger partial charge in [0.15, 0.2) is 0 Å². The molecule has 0 spiro atoms. The number of sulfonamides is 1. The Morgan fingerprint density at radius 1 is 1.32 bits per heavy atom. The average Bonchev–Trinajstić information content (AvgIpc) is 2.51. The second kappa shape index (κ2) is 7.83. The zero-order valence-electron chi connectivity index (χ0n) is 13.4. The molecule has 1 atom stereocenters. The van der Waals surface area contributed by atoms with E-state index >= 15 is 0 Å². The van der Waals surface area contributed by atoms with E-state index in [1.54, 1.807) is 0 Å². The van der Waals surface area contributed by atoms with E-state index in [2.05, 4.69) is 0 Å². The van der Waals surface area contributed by atoms with Crippen molar-refractivity contribution in [3.05, 3.63) is 29.8 Å². The number of carboxylic acids is 1. The summed E-state index contributed by atoms with van der Waals surface area (Å²) in [5.74, 6) is -2.69. The zero-order chi connectivity index (χ0) is 19.4. The predicted octanol–water partition coefficient (Wildman–Crippen LogP) is 1.16. The summed E-state index contributed by atoms with van der Waals surface area (Å²) in [7, 11) is -3.04. The number of benzene rings is 1. The summed E-state index contributed by atoms with van der Waals surface area (Å²) in [6, 6.07) is 3.10. The third-order valence-electron chi connectivity index (χ3n) is 3.28. The molecule has 1 amide bonds. The first-order chi connectivity index (χ1) is 11.3. The molecular formula is C14H17F3N2O5S. The van der Waals surface area contributed by atoms with Crippen molar-refractivity contribution in [2.75, 3.05) is 20.1 Å². The molecule has 0 aliphatic heterocycles. The van der Waals surface area contributed by atoms with Gasteiger partial charge in [-0.15, -0.1) is 0 Å². The van der Waals surface area contributed by atoms with Gasteiger partial charge in [-0.2, -0.15) is 13.2 Å². The highest BCUT2D eigenvalue weighted by atomic mass is 32.2. The first kappa shape index (κ1) is 20.9. The Kier molecular flexibility index (Phi) is 6.54. The number of carbonyl (C=O) groups is 2. The fraction of sp³-hybridized carbons (Fsp3) is 0.429. The van der Waals surface area contributed by atoms with Gasteiger partial charge in [-0.3, -0.25) is 9.59 Å². The second-order valence-corrected chi connectivity index (χ2v) is 7.13. The standard InChI is InChI=1S/C14H17F3N2O5S/c1-9(13(21)22)8-19(2)12(20)7-18-25(23,24)11-5-3-4-10(6-11)14(15,16)17/h3-6,9,18H,7-8H2,1-2H3,(H,21,22). The van der Waals surface area contributed by atoms with Crippen LogP contribution in [-0.4, -0.2) is 50.4 Å². The van der Waals surface area contributed by atoms with Gasteiger partial charge in [-0.05, 0) is 18.2 Å². The van der Waals surface area contributed by atoms with Gasteiger partial charge in [0.25, 0.3) is 0 Å². The Hall–Kier alpha value is -2.14. The van der Waals surface area contributed by atoms with Crippen LogP contribution in [0.4, 0.5) is 13.2 Å². The monoisotopic (exact) mass is 382 g/mol. The summed E-state index contributed by atoms with van der Waals surface area (Å²) in [4.78, 5) is 23.0. The van der Waals surface area contributed by atoms with E-state index in [1.807, 2.05) is 4.72 Å². The lowest BCUT2D eigenvalue weighted by atomic mass is 10.2. The van der Waals surface area contributed by atoms with Gasteiger partial charge in [0.1, 0.15) is 0 Å². The van der Waals surface area contributed by atoms with Gasteiger partial charge in [0.05, 0.1) is 22.9 Å². The summed E-state index contributed by atoms with van der Waals surface area (Å²) in [6.45, 7) is 0.528. The number of hydrogen-bond donors (Lipinski definition) is 2. The summed E-state index contributed by atoms with van der Waals surface area (Å²) < 4.78 is 63.9. The molecule has 1 aromatic rings. The van der Waals surface area contributed by atoms with E-state index in [1.165, 1.54) is 14.0 Å². The van der Waals surface area contributed by atoms with Gasteiger partial charge in [-0.1, -0.05) is 13.0 Å². The van der Waals surface area contributed by atoms with Crippen LogP contribution in [0.3, 0.4) is 0 Å². The summed E-state index contributed by atoms with van der Waals surface area (Å²) >= 11 is 0. The number of carbonyl (C=O) groups excluding carboxylic acids is 1. The number of carboxylic acid groups (broad SMARTS) is 1. The molecule has 0 aromatic heterocycles. The largest absolute Gasteiger partial charge is 0.481 e. The third-order valence-corrected chi connectivity index (χ3v) is 4.68. The topological polar surface area (TPSA) is 104 Å². The van der Waals surface area contributed by atoms with Crippen molar-refractivity contribution in [2.45, 2.75) is 18.0 Å². The molecule has 7 nitrogen and oxygen atoms in total. The van der Waals surface area contributed by atoms with Gasteiger partial charge in [0.2, 0.25) is 15.9 Å². The number of aliphatic carboxylic acids is 1. The van der Waals surface area contributed by atoms with Crippen molar-refractivity contribution in [1.82, 2.24) is 9.62 Å². The van der Waals surface area contributed by atoms with E-state index in [4.69, 9.17) is 5.11 Å². The Morgan fingerprint density at radius 3 is 2.44 bits per heavy atom. The highest BCUT2D eigenvalue weighted by Crippen LogP contribution is 2.30. The lowest BCUT2D eigenvalue weighted by Gasteiger charge is -2.19. The van der Waals surface area contributed by atoms with Crippen LogP contribution in [0.15, 0.2) is 29.2 Å². The maximum atomic E-state index is 12.6. The SMILES string of the molecule is CC(CN(C)C(=O)CNS(=O)(=O)c1cccc(C(F)(F)F)c1)C(=O)O. The van der Waals surface area contributed by atoms with Gasteiger partial charge < -0.3 is 10.0 Å². The van der Waals surface area contributed by atoms with Crippen molar-refractivity contribution in [3.63, 3.8) is 0 Å². The first-order valence-corrected chi connectivity index (χ1v) is 8.46. The number of amides is 1. The van der Waals surface area contributed by atoms with E-state index in [0.717, 1.165) is 23.1 Å². The van der Waals surface area contributed by atoms with Crippen molar-refractivity contribution < 1.29 is 36.3 Å². The van der Waals surface area contributed by atoms with Crippen molar-refractivity contribution >= 4 is 21.9 Å². The van der Waals surface area contributed by atoms with Crippen LogP contribution >= 0.6 is 0 Å². The van der Waals surface area contributed by atoms with Crippen LogP contribution < -0.4 is 4.72 Å². The quantitative estimate of drug-likeness (QED) is 0.737. The Balaban J connectivity index is 2.79. The number of rotatable bonds is 7. The Morgan fingerprint density at radius 2 is 1.92 bits per heavy atom. The van der Waals surface area contributed by atoms with E-state index in [0.29, 0.717) is 6.07 Å². The smallest absolute Gasteiger partial charge is 0.416 e. The fourth-order valence-corrected chi connectivity index (χ4v) is 2.83. The van der Waals surface area contributed by atoms with E-state index in [-0.39, 0.29) is 6.54 Å². The molecule has 2 N–H and O–H groups in total. The van der Waals surface area contributed by atoms with E-state index in [9.17, 15) is 31.2 Å². The van der Waals surface area contributed by atoms with Crippen LogP contribution in [0.5, 0.6) is 0 Å². The first-order valence-electron chi connectivity index (χ1n) is 6.98. The minimum atomic E-state index is -4.70. The second-order valence-electron chi connectivity index (χ2n) is 5.36. The van der Waals surface area contributed by atoms with Gasteiger partial charge in [0, 0.05) is 13.6 Å². The molecule has 1 aromatic carbocycles. The normalized spacial score (nSPS) is 13.3. The average molecular weight is 382 g/mol. The highest BCUT2D eigenvalue weighted by Gasteiger charge is 2.31. The molecule has 0 radical (unpaired) electrons.